The van der Waals surface area contributed by atoms with Crippen LogP contribution in [0.5, 0.6) is 5.75 Å². The Hall–Kier alpha value is -3.68. The Labute approximate surface area is 210 Å². The van der Waals surface area contributed by atoms with Crippen LogP contribution in [0.4, 0.5) is 20.6 Å². The maximum atomic E-state index is 13.4. The highest BCUT2D eigenvalue weighted by atomic mass is 19.1. The number of carbonyl (C=O) groups is 3. The molecule has 4 amide bonds. The van der Waals surface area contributed by atoms with Gasteiger partial charge in [0.2, 0.25) is 5.91 Å². The van der Waals surface area contributed by atoms with Gasteiger partial charge in [-0.25, -0.2) is 14.1 Å². The van der Waals surface area contributed by atoms with Gasteiger partial charge >= 0.3 is 6.03 Å². The number of halogens is 1. The van der Waals surface area contributed by atoms with E-state index in [0.717, 1.165) is 37.0 Å². The number of urea groups is 1. The van der Waals surface area contributed by atoms with Crippen molar-refractivity contribution in [3.8, 4) is 5.75 Å². The molecule has 8 heteroatoms. The lowest BCUT2D eigenvalue weighted by molar-refractivity contribution is -0.124. The maximum absolute atomic E-state index is 13.4. The van der Waals surface area contributed by atoms with Gasteiger partial charge in [0, 0.05) is 12.2 Å². The second kappa shape index (κ2) is 11.8. The Balaban J connectivity index is 1.48. The predicted octanol–water partition coefficient (Wildman–Crippen LogP) is 5.67. The van der Waals surface area contributed by atoms with Crippen LogP contribution >= 0.6 is 0 Å². The monoisotopic (exact) mass is 493 g/mol. The highest BCUT2D eigenvalue weighted by molar-refractivity contribution is 6.22. The van der Waals surface area contributed by atoms with Crippen molar-refractivity contribution in [2.45, 2.75) is 57.9 Å². The molecule has 1 atom stereocenters. The Bertz CT molecular complexity index is 1110. The molecule has 190 valence electrons. The summed E-state index contributed by atoms with van der Waals surface area (Å²) in [5.74, 6) is -0.598. The van der Waals surface area contributed by atoms with Gasteiger partial charge in [0.25, 0.3) is 5.91 Å². The van der Waals surface area contributed by atoms with Crippen molar-refractivity contribution < 1.29 is 23.5 Å². The van der Waals surface area contributed by atoms with Crippen molar-refractivity contribution in [1.29, 1.82) is 0 Å². The van der Waals surface area contributed by atoms with Gasteiger partial charge in [-0.2, -0.15) is 0 Å². The summed E-state index contributed by atoms with van der Waals surface area (Å²) < 4.78 is 19.0. The fourth-order valence-electron chi connectivity index (χ4n) is 4.55. The molecule has 0 radical (unpaired) electrons. The summed E-state index contributed by atoms with van der Waals surface area (Å²) in [6.07, 6.45) is 7.89. The Morgan fingerprint density at radius 3 is 2.50 bits per heavy atom. The van der Waals surface area contributed by atoms with Crippen LogP contribution in [0, 0.1) is 5.82 Å². The van der Waals surface area contributed by atoms with Gasteiger partial charge in [0.15, 0.2) is 0 Å². The number of hydrogen-bond donors (Lipinski definition) is 1. The Morgan fingerprint density at radius 1 is 1.08 bits per heavy atom. The molecule has 1 fully saturated rings. The third-order valence-electron chi connectivity index (χ3n) is 6.45. The van der Waals surface area contributed by atoms with E-state index in [0.29, 0.717) is 36.7 Å². The SMILES string of the molecule is CCCOc1ccc(NC(=O)C[C@@H]2C(=O)N(c3ccc(F)cc3)C(=O)N2CCC2=CCCCC2)cc1. The number of imide groups is 1. The molecule has 4 rings (SSSR count). The minimum Gasteiger partial charge on any atom is -0.494 e. The molecule has 2 aromatic carbocycles. The van der Waals surface area contributed by atoms with Gasteiger partial charge in [0.05, 0.1) is 18.7 Å². The number of carbonyl (C=O) groups excluding carboxylic acids is 3. The van der Waals surface area contributed by atoms with Crippen molar-refractivity contribution in [3.05, 3.63) is 66.0 Å². The number of allylic oxidation sites excluding steroid dienone is 1. The molecule has 0 spiro atoms. The largest absolute Gasteiger partial charge is 0.494 e. The first-order chi connectivity index (χ1) is 17.5. The van der Waals surface area contributed by atoms with Crippen LogP contribution in [0.2, 0.25) is 0 Å². The molecule has 2 aromatic rings. The lowest BCUT2D eigenvalue weighted by atomic mass is 9.97. The zero-order valence-corrected chi connectivity index (χ0v) is 20.5. The van der Waals surface area contributed by atoms with Gasteiger partial charge in [-0.3, -0.25) is 9.59 Å². The molecule has 2 aliphatic rings. The van der Waals surface area contributed by atoms with Crippen molar-refractivity contribution in [1.82, 2.24) is 4.90 Å². The van der Waals surface area contributed by atoms with E-state index < -0.39 is 23.8 Å². The summed E-state index contributed by atoms with van der Waals surface area (Å²) in [5, 5.41) is 2.81. The average Bonchev–Trinajstić information content (AvgIpc) is 3.12. The molecule has 0 unspecified atom stereocenters. The minimum atomic E-state index is -0.932. The van der Waals surface area contributed by atoms with E-state index in [-0.39, 0.29) is 12.3 Å². The number of ether oxygens (including phenoxy) is 1. The van der Waals surface area contributed by atoms with E-state index in [1.165, 1.54) is 34.7 Å². The lowest BCUT2D eigenvalue weighted by Gasteiger charge is -2.23. The lowest BCUT2D eigenvalue weighted by Crippen LogP contribution is -2.38. The summed E-state index contributed by atoms with van der Waals surface area (Å²) in [7, 11) is 0. The highest BCUT2D eigenvalue weighted by Crippen LogP contribution is 2.29. The number of nitrogens with one attached hydrogen (secondary N) is 1. The summed E-state index contributed by atoms with van der Waals surface area (Å²) in [6.45, 7) is 2.98. The number of rotatable bonds is 10. The topological polar surface area (TPSA) is 79.0 Å². The van der Waals surface area contributed by atoms with Gasteiger partial charge < -0.3 is 15.0 Å². The molecule has 1 heterocycles. The predicted molar refractivity (Wildman–Crippen MR) is 136 cm³/mol. The molecule has 1 aliphatic carbocycles. The van der Waals surface area contributed by atoms with Crippen LogP contribution < -0.4 is 15.0 Å². The molecular weight excluding hydrogens is 461 g/mol. The van der Waals surface area contributed by atoms with E-state index >= 15 is 0 Å². The first-order valence-electron chi connectivity index (χ1n) is 12.6. The molecule has 0 bridgehead atoms. The molecule has 0 aromatic heterocycles. The van der Waals surface area contributed by atoms with Crippen LogP contribution in [0.1, 0.15) is 51.9 Å². The van der Waals surface area contributed by atoms with Gasteiger partial charge in [-0.05, 0) is 87.1 Å². The molecule has 1 saturated heterocycles. The maximum Gasteiger partial charge on any atom is 0.332 e. The zero-order chi connectivity index (χ0) is 25.5. The van der Waals surface area contributed by atoms with Gasteiger partial charge in [0.1, 0.15) is 17.6 Å². The molecule has 1 N–H and O–H groups in total. The zero-order valence-electron chi connectivity index (χ0n) is 20.5. The Kier molecular flexibility index (Phi) is 8.36. The summed E-state index contributed by atoms with van der Waals surface area (Å²) in [6, 6.07) is 10.8. The van der Waals surface area contributed by atoms with Gasteiger partial charge in [-0.15, -0.1) is 0 Å². The second-order valence-electron chi connectivity index (χ2n) is 9.13. The smallest absolute Gasteiger partial charge is 0.332 e. The van der Waals surface area contributed by atoms with Crippen LogP contribution in [-0.2, 0) is 9.59 Å². The molecule has 36 heavy (non-hydrogen) atoms. The number of nitrogens with zero attached hydrogens (tertiary/aromatic N) is 2. The third kappa shape index (κ3) is 6.11. The molecule has 7 nitrogen and oxygen atoms in total. The van der Waals surface area contributed by atoms with E-state index in [2.05, 4.69) is 11.4 Å². The van der Waals surface area contributed by atoms with Crippen LogP contribution in [0.15, 0.2) is 60.2 Å². The van der Waals surface area contributed by atoms with Crippen LogP contribution in [0.25, 0.3) is 0 Å². The van der Waals surface area contributed by atoms with E-state index in [4.69, 9.17) is 4.74 Å². The molecular formula is C28H32FN3O4. The quantitative estimate of drug-likeness (QED) is 0.342. The number of anilines is 2. The van der Waals surface area contributed by atoms with Crippen molar-refractivity contribution in [2.24, 2.45) is 0 Å². The third-order valence-corrected chi connectivity index (χ3v) is 6.45. The normalized spacial score (nSPS) is 17.8. The number of hydrogen-bond acceptors (Lipinski definition) is 4. The van der Waals surface area contributed by atoms with Crippen LogP contribution in [-0.4, -0.2) is 41.9 Å². The van der Waals surface area contributed by atoms with E-state index in [1.54, 1.807) is 24.3 Å². The Morgan fingerprint density at radius 2 is 1.83 bits per heavy atom. The molecule has 0 saturated carbocycles. The summed E-state index contributed by atoms with van der Waals surface area (Å²) >= 11 is 0. The minimum absolute atomic E-state index is 0.171. The molecule has 1 aliphatic heterocycles. The van der Waals surface area contributed by atoms with Crippen molar-refractivity contribution in [2.75, 3.05) is 23.4 Å². The summed E-state index contributed by atoms with van der Waals surface area (Å²) in [5.41, 5.74) is 2.14. The van der Waals surface area contributed by atoms with Crippen molar-refractivity contribution in [3.63, 3.8) is 0 Å². The van der Waals surface area contributed by atoms with E-state index in [1.807, 2.05) is 6.92 Å². The highest BCUT2D eigenvalue weighted by Gasteiger charge is 2.46. The number of amides is 4. The summed E-state index contributed by atoms with van der Waals surface area (Å²) in [4.78, 5) is 42.1. The number of benzene rings is 2. The van der Waals surface area contributed by atoms with Gasteiger partial charge in [-0.1, -0.05) is 18.6 Å². The fourth-order valence-corrected chi connectivity index (χ4v) is 4.55. The average molecular weight is 494 g/mol. The standard InChI is InChI=1S/C28H32FN3O4/c1-2-18-36-24-14-10-22(11-15-24)30-26(33)19-25-27(34)32(23-12-8-21(29)9-13-23)28(35)31(25)17-16-20-6-4-3-5-7-20/h6,8-15,25H,2-5,7,16-19H2,1H3,(H,30,33)/t25-/m1/s1. The van der Waals surface area contributed by atoms with Crippen molar-refractivity contribution >= 4 is 29.2 Å². The first kappa shape index (κ1) is 25.4. The fraction of sp³-hybridized carbons (Fsp3) is 0.393. The van der Waals surface area contributed by atoms with E-state index in [9.17, 15) is 18.8 Å². The second-order valence-corrected chi connectivity index (χ2v) is 9.13. The van der Waals surface area contributed by atoms with Crippen LogP contribution in [0.3, 0.4) is 0 Å². The first-order valence-corrected chi connectivity index (χ1v) is 12.6.